The molecule has 4 nitrogen and oxygen atoms in total. The molecule has 1 heterocycles. The van der Waals surface area contributed by atoms with Gasteiger partial charge in [0.15, 0.2) is 11.6 Å². The van der Waals surface area contributed by atoms with Gasteiger partial charge in [-0.05, 0) is 0 Å². The van der Waals surface area contributed by atoms with Crippen molar-refractivity contribution in [3.63, 3.8) is 0 Å². The molecule has 5 heteroatoms. The molecule has 0 fully saturated rings. The van der Waals surface area contributed by atoms with E-state index in [-0.39, 0.29) is 11.6 Å². The standard InChI is InChI=1S/C6H7FN2O2/c1-3(10)5-8-6(11)4(7)9(5)2/h11H,1-2H3. The highest BCUT2D eigenvalue weighted by Gasteiger charge is 2.15. The fourth-order valence-corrected chi connectivity index (χ4v) is 0.779. The second-order valence-corrected chi connectivity index (χ2v) is 2.17. The van der Waals surface area contributed by atoms with Crippen molar-refractivity contribution >= 4 is 5.78 Å². The van der Waals surface area contributed by atoms with Crippen molar-refractivity contribution in [2.24, 2.45) is 7.05 Å². The number of Topliss-reactive ketones (excluding diaryl/α,β-unsaturated/α-hetero) is 1. The molecule has 0 aliphatic carbocycles. The molecule has 0 aliphatic rings. The third-order valence-corrected chi connectivity index (χ3v) is 1.32. The first-order chi connectivity index (χ1) is 5.04. The normalized spacial score (nSPS) is 10.1. The largest absolute Gasteiger partial charge is 0.490 e. The predicted molar refractivity (Wildman–Crippen MR) is 34.8 cm³/mol. The van der Waals surface area contributed by atoms with Crippen molar-refractivity contribution in [3.8, 4) is 5.88 Å². The summed E-state index contributed by atoms with van der Waals surface area (Å²) in [6.45, 7) is 1.25. The number of carbonyl (C=O) groups excluding carboxylic acids is 1. The van der Waals surface area contributed by atoms with Gasteiger partial charge in [-0.3, -0.25) is 9.36 Å². The maximum absolute atomic E-state index is 12.6. The van der Waals surface area contributed by atoms with E-state index in [0.717, 1.165) is 4.57 Å². The van der Waals surface area contributed by atoms with Crippen LogP contribution in [0, 0.1) is 5.95 Å². The molecule has 0 atom stereocenters. The predicted octanol–water partition coefficient (Wildman–Crippen LogP) is 0.467. The second kappa shape index (κ2) is 2.34. The summed E-state index contributed by atoms with van der Waals surface area (Å²) in [5, 5.41) is 8.71. The molecule has 11 heavy (non-hydrogen) atoms. The summed E-state index contributed by atoms with van der Waals surface area (Å²) >= 11 is 0. The SMILES string of the molecule is CC(=O)c1nc(O)c(F)n1C. The number of aromatic nitrogens is 2. The Labute approximate surface area is 62.3 Å². The van der Waals surface area contributed by atoms with E-state index in [4.69, 9.17) is 5.11 Å². The lowest BCUT2D eigenvalue weighted by Crippen LogP contribution is -2.04. The number of hydrogen-bond acceptors (Lipinski definition) is 3. The lowest BCUT2D eigenvalue weighted by molar-refractivity contribution is 0.0999. The van der Waals surface area contributed by atoms with E-state index >= 15 is 0 Å². The van der Waals surface area contributed by atoms with Crippen LogP contribution in [0.25, 0.3) is 0 Å². The van der Waals surface area contributed by atoms with Crippen molar-refractivity contribution < 1.29 is 14.3 Å². The summed E-state index contributed by atoms with van der Waals surface area (Å²) in [5.41, 5.74) is 0. The molecule has 1 N–H and O–H groups in total. The van der Waals surface area contributed by atoms with Crippen LogP contribution in [0.3, 0.4) is 0 Å². The number of hydrogen-bond donors (Lipinski definition) is 1. The zero-order valence-electron chi connectivity index (χ0n) is 6.13. The van der Waals surface area contributed by atoms with Gasteiger partial charge in [-0.25, -0.2) is 0 Å². The van der Waals surface area contributed by atoms with Gasteiger partial charge in [-0.1, -0.05) is 0 Å². The van der Waals surface area contributed by atoms with Gasteiger partial charge in [0.2, 0.25) is 0 Å². The fourth-order valence-electron chi connectivity index (χ4n) is 0.779. The quantitative estimate of drug-likeness (QED) is 0.604. The lowest BCUT2D eigenvalue weighted by atomic mass is 10.4. The topological polar surface area (TPSA) is 55.1 Å². The molecule has 0 bridgehead atoms. The number of imidazole rings is 1. The lowest BCUT2D eigenvalue weighted by Gasteiger charge is -1.93. The highest BCUT2D eigenvalue weighted by molar-refractivity contribution is 5.90. The van der Waals surface area contributed by atoms with Crippen molar-refractivity contribution in [3.05, 3.63) is 11.8 Å². The molecular formula is C6H7FN2O2. The maximum atomic E-state index is 12.6. The summed E-state index contributed by atoms with van der Waals surface area (Å²) in [4.78, 5) is 14.0. The number of carbonyl (C=O) groups is 1. The third kappa shape index (κ3) is 1.09. The summed E-state index contributed by atoms with van der Waals surface area (Å²) < 4.78 is 13.5. The van der Waals surface area contributed by atoms with E-state index in [2.05, 4.69) is 4.98 Å². The Kier molecular flexibility index (Phi) is 1.64. The molecular weight excluding hydrogens is 151 g/mol. The van der Waals surface area contributed by atoms with E-state index in [0.29, 0.717) is 0 Å². The number of nitrogens with zero attached hydrogens (tertiary/aromatic N) is 2. The van der Waals surface area contributed by atoms with Crippen LogP contribution in [-0.4, -0.2) is 20.4 Å². The molecule has 0 aromatic carbocycles. The van der Waals surface area contributed by atoms with E-state index in [1.807, 2.05) is 0 Å². The molecule has 0 radical (unpaired) electrons. The molecule has 0 saturated heterocycles. The Morgan fingerprint density at radius 2 is 2.27 bits per heavy atom. The highest BCUT2D eigenvalue weighted by atomic mass is 19.1. The Morgan fingerprint density at radius 3 is 2.45 bits per heavy atom. The number of ketones is 1. The van der Waals surface area contributed by atoms with Gasteiger partial charge < -0.3 is 5.11 Å². The van der Waals surface area contributed by atoms with E-state index in [1.165, 1.54) is 14.0 Å². The molecule has 1 aromatic heterocycles. The number of halogens is 1. The summed E-state index contributed by atoms with van der Waals surface area (Å²) in [7, 11) is 1.32. The van der Waals surface area contributed by atoms with Crippen molar-refractivity contribution in [2.45, 2.75) is 6.92 Å². The van der Waals surface area contributed by atoms with Gasteiger partial charge >= 0.3 is 0 Å². The molecule has 0 unspecified atom stereocenters. The van der Waals surface area contributed by atoms with Crippen LogP contribution in [0.1, 0.15) is 17.5 Å². The summed E-state index contributed by atoms with van der Waals surface area (Å²) in [5.74, 6) is -2.10. The van der Waals surface area contributed by atoms with Crippen LogP contribution in [0.4, 0.5) is 4.39 Å². The minimum Gasteiger partial charge on any atom is -0.490 e. The third-order valence-electron chi connectivity index (χ3n) is 1.32. The molecule has 60 valence electrons. The van der Waals surface area contributed by atoms with E-state index in [9.17, 15) is 9.18 Å². The average molecular weight is 158 g/mol. The summed E-state index contributed by atoms with van der Waals surface area (Å²) in [6.07, 6.45) is 0. The number of rotatable bonds is 1. The van der Waals surface area contributed by atoms with Gasteiger partial charge in [-0.2, -0.15) is 9.37 Å². The highest BCUT2D eigenvalue weighted by Crippen LogP contribution is 2.14. The van der Waals surface area contributed by atoms with E-state index < -0.39 is 11.8 Å². The van der Waals surface area contributed by atoms with Crippen LogP contribution in [-0.2, 0) is 7.05 Å². The first kappa shape index (κ1) is 7.71. The van der Waals surface area contributed by atoms with Gasteiger partial charge in [0.1, 0.15) is 0 Å². The molecule has 1 aromatic rings. The summed E-state index contributed by atoms with van der Waals surface area (Å²) in [6, 6.07) is 0. The first-order valence-corrected chi connectivity index (χ1v) is 2.96. The van der Waals surface area contributed by atoms with Gasteiger partial charge in [0.25, 0.3) is 11.8 Å². The van der Waals surface area contributed by atoms with Crippen LogP contribution in [0.5, 0.6) is 5.88 Å². The Balaban J connectivity index is 3.29. The minimum atomic E-state index is -0.893. The fraction of sp³-hybridized carbons (Fsp3) is 0.333. The van der Waals surface area contributed by atoms with Crippen molar-refractivity contribution in [2.75, 3.05) is 0 Å². The van der Waals surface area contributed by atoms with Crippen molar-refractivity contribution in [1.29, 1.82) is 0 Å². The molecule has 0 amide bonds. The first-order valence-electron chi connectivity index (χ1n) is 2.96. The Morgan fingerprint density at radius 1 is 1.73 bits per heavy atom. The Bertz CT molecular complexity index is 306. The molecule has 0 saturated carbocycles. The van der Waals surface area contributed by atoms with Crippen LogP contribution >= 0.6 is 0 Å². The zero-order chi connectivity index (χ0) is 8.59. The molecule has 1 rings (SSSR count). The monoisotopic (exact) mass is 158 g/mol. The average Bonchev–Trinajstić information content (AvgIpc) is 2.17. The molecule has 0 aliphatic heterocycles. The van der Waals surface area contributed by atoms with Gasteiger partial charge in [-0.15, -0.1) is 0 Å². The van der Waals surface area contributed by atoms with Crippen LogP contribution < -0.4 is 0 Å². The zero-order valence-corrected chi connectivity index (χ0v) is 6.13. The van der Waals surface area contributed by atoms with E-state index in [1.54, 1.807) is 0 Å². The number of aromatic hydroxyl groups is 1. The molecule has 0 spiro atoms. The smallest absolute Gasteiger partial charge is 0.268 e. The van der Waals surface area contributed by atoms with Gasteiger partial charge in [0.05, 0.1) is 0 Å². The van der Waals surface area contributed by atoms with Crippen molar-refractivity contribution in [1.82, 2.24) is 9.55 Å². The van der Waals surface area contributed by atoms with Crippen LogP contribution in [0.2, 0.25) is 0 Å². The van der Waals surface area contributed by atoms with Gasteiger partial charge in [0, 0.05) is 14.0 Å². The second-order valence-electron chi connectivity index (χ2n) is 2.17. The Hall–Kier alpha value is -1.39. The maximum Gasteiger partial charge on any atom is 0.268 e. The minimum absolute atomic E-state index is 0.0833. The van der Waals surface area contributed by atoms with Crippen LogP contribution in [0.15, 0.2) is 0 Å².